The highest BCUT2D eigenvalue weighted by Gasteiger charge is 2.40. The third kappa shape index (κ3) is 9.17. The van der Waals surface area contributed by atoms with Crippen molar-refractivity contribution in [2.24, 2.45) is 5.92 Å². The highest BCUT2D eigenvalue weighted by atomic mass is 79.9. The zero-order valence-electron chi connectivity index (χ0n) is 20.3. The van der Waals surface area contributed by atoms with E-state index in [1.807, 2.05) is 0 Å². The molecule has 5 heteroatoms. The summed E-state index contributed by atoms with van der Waals surface area (Å²) in [6.07, 6.45) is 28.6. The quantitative estimate of drug-likeness (QED) is 0.587. The second-order valence-electron chi connectivity index (χ2n) is 8.72. The van der Waals surface area contributed by atoms with Crippen LogP contribution in [0, 0.1) is 31.6 Å². The summed E-state index contributed by atoms with van der Waals surface area (Å²) < 4.78 is 6.46. The largest absolute Gasteiger partial charge is 0.380 e. The molecule has 33 heavy (non-hydrogen) atoms. The number of quaternary nitrogens is 1. The van der Waals surface area contributed by atoms with Crippen molar-refractivity contribution in [1.29, 1.82) is 0 Å². The molecule has 1 amide bonds. The van der Waals surface area contributed by atoms with Gasteiger partial charge in [-0.25, -0.2) is 0 Å². The molecule has 2 saturated heterocycles. The molecule has 1 aliphatic carbocycles. The van der Waals surface area contributed by atoms with Crippen LogP contribution in [0.1, 0.15) is 74.8 Å². The maximum atomic E-state index is 13.0. The van der Waals surface area contributed by atoms with Gasteiger partial charge in [0, 0.05) is 24.7 Å². The first-order chi connectivity index (χ1) is 16.2. The van der Waals surface area contributed by atoms with Gasteiger partial charge in [-0.15, -0.1) is 25.7 Å². The molecule has 2 heterocycles. The summed E-state index contributed by atoms with van der Waals surface area (Å²) in [6, 6.07) is 6.29. The predicted octanol–water partition coefficient (Wildman–Crippen LogP) is 4.72. The smallest absolute Gasteiger partial charge is 0.232 e. The Balaban J connectivity index is 0.000000460. The van der Waals surface area contributed by atoms with Gasteiger partial charge in [-0.05, 0) is 36.5 Å². The third-order valence-corrected chi connectivity index (χ3v) is 7.40. The van der Waals surface area contributed by atoms with E-state index in [2.05, 4.69) is 70.0 Å². The predicted molar refractivity (Wildman–Crippen MR) is 141 cm³/mol. The molecular formula is C28H42BrN2O2+. The van der Waals surface area contributed by atoms with E-state index in [0.717, 1.165) is 43.5 Å². The van der Waals surface area contributed by atoms with Crippen molar-refractivity contribution in [3.05, 3.63) is 33.8 Å². The second-order valence-corrected chi connectivity index (χ2v) is 9.58. The molecule has 0 radical (unpaired) electrons. The Kier molecular flexibility index (Phi) is 15.6. The Labute approximate surface area is 210 Å². The topological polar surface area (TPSA) is 46.1 Å². The monoisotopic (exact) mass is 517 g/mol. The molecular weight excluding hydrogens is 476 g/mol. The molecule has 3 aliphatic rings. The van der Waals surface area contributed by atoms with Crippen molar-refractivity contribution in [2.75, 3.05) is 33.3 Å². The van der Waals surface area contributed by atoms with Crippen LogP contribution < -0.4 is 5.32 Å². The van der Waals surface area contributed by atoms with E-state index in [9.17, 15) is 4.79 Å². The van der Waals surface area contributed by atoms with E-state index in [1.54, 1.807) is 7.11 Å². The third-order valence-electron chi connectivity index (χ3n) is 6.66. The molecule has 2 atom stereocenters. The molecule has 2 N–H and O–H groups in total. The number of terminal acetylenes is 2. The first-order valence-corrected chi connectivity index (χ1v) is 13.0. The van der Waals surface area contributed by atoms with Crippen LogP contribution in [0.15, 0.2) is 22.7 Å². The lowest BCUT2D eigenvalue weighted by atomic mass is 9.85. The van der Waals surface area contributed by atoms with Gasteiger partial charge < -0.3 is 15.0 Å². The van der Waals surface area contributed by atoms with Crippen molar-refractivity contribution >= 4 is 21.8 Å². The maximum Gasteiger partial charge on any atom is 0.232 e. The summed E-state index contributed by atoms with van der Waals surface area (Å²) in [5.74, 6) is 0.733. The Morgan fingerprint density at radius 1 is 0.970 bits per heavy atom. The number of ether oxygens (including phenoxy) is 1. The van der Waals surface area contributed by atoms with Crippen molar-refractivity contribution in [1.82, 2.24) is 4.90 Å². The summed E-state index contributed by atoms with van der Waals surface area (Å²) in [5.41, 5.74) is 2.46. The average molecular weight is 519 g/mol. The first-order valence-electron chi connectivity index (χ1n) is 12.3. The highest BCUT2D eigenvalue weighted by molar-refractivity contribution is 9.10. The molecule has 1 aromatic rings. The lowest BCUT2D eigenvalue weighted by Gasteiger charge is -2.30. The zero-order valence-corrected chi connectivity index (χ0v) is 21.9. The minimum absolute atomic E-state index is 0.0954. The van der Waals surface area contributed by atoms with Crippen LogP contribution in [-0.4, -0.2) is 44.1 Å². The molecule has 2 aliphatic heterocycles. The zero-order chi connectivity index (χ0) is 24.5. The average Bonchev–Trinajstić information content (AvgIpc) is 3.39. The molecule has 4 nitrogen and oxygen atoms in total. The fourth-order valence-electron chi connectivity index (χ4n) is 5.03. The fraction of sp³-hybridized carbons (Fsp3) is 0.607. The number of carbonyl (C=O) groups excluding carboxylic acids is 1. The van der Waals surface area contributed by atoms with E-state index in [1.165, 1.54) is 56.1 Å². The minimum Gasteiger partial charge on any atom is -0.380 e. The molecule has 0 aromatic heterocycles. The standard InChI is InChI=1S/C18H25BrN2O2.C6H12.2C2H2/c1-23-12-16-13(6-5-7-17(16)19)14-10-20-11-15(14)18(22)21-8-3-2-4-9-21;1-2-4-6-5-3-1;2*1-2/h5-7,14-15,20H,2-4,8-12H2,1H3;1-6H2;2*1-2H/p+1/t14-,15?;;;/m0.../s1. The number of nitrogens with two attached hydrogens (primary N) is 1. The summed E-state index contributed by atoms with van der Waals surface area (Å²) in [5, 5.41) is 2.29. The van der Waals surface area contributed by atoms with Gasteiger partial charge in [0.15, 0.2) is 0 Å². The Morgan fingerprint density at radius 3 is 2.06 bits per heavy atom. The van der Waals surface area contributed by atoms with Gasteiger partial charge in [-0.1, -0.05) is 66.6 Å². The number of likely N-dealkylation sites (tertiary alicyclic amines) is 1. The number of methoxy groups -OCH3 is 1. The molecule has 182 valence electrons. The molecule has 3 fully saturated rings. The van der Waals surface area contributed by atoms with Gasteiger partial charge in [-0.2, -0.15) is 0 Å². The van der Waals surface area contributed by atoms with E-state index in [-0.39, 0.29) is 11.8 Å². The minimum atomic E-state index is 0.0954. The van der Waals surface area contributed by atoms with Crippen molar-refractivity contribution < 1.29 is 14.8 Å². The number of halogens is 1. The van der Waals surface area contributed by atoms with Gasteiger partial charge in [0.1, 0.15) is 0 Å². The fourth-order valence-corrected chi connectivity index (χ4v) is 5.53. The van der Waals surface area contributed by atoms with Gasteiger partial charge >= 0.3 is 0 Å². The maximum absolute atomic E-state index is 13.0. The number of amides is 1. The van der Waals surface area contributed by atoms with Crippen molar-refractivity contribution in [3.63, 3.8) is 0 Å². The Hall–Kier alpha value is -1.79. The summed E-state index contributed by atoms with van der Waals surface area (Å²) in [7, 11) is 1.72. The first kappa shape index (κ1) is 29.2. The van der Waals surface area contributed by atoms with Crippen molar-refractivity contribution in [2.45, 2.75) is 70.3 Å². The molecule has 4 rings (SSSR count). The van der Waals surface area contributed by atoms with Crippen LogP contribution in [-0.2, 0) is 16.1 Å². The number of piperidine rings is 1. The van der Waals surface area contributed by atoms with Crippen LogP contribution >= 0.6 is 15.9 Å². The molecule has 0 spiro atoms. The molecule has 1 saturated carbocycles. The van der Waals surface area contributed by atoms with Gasteiger partial charge in [0.2, 0.25) is 5.91 Å². The number of nitrogens with zero attached hydrogens (tertiary/aromatic N) is 1. The number of rotatable bonds is 4. The summed E-state index contributed by atoms with van der Waals surface area (Å²) in [4.78, 5) is 15.1. The van der Waals surface area contributed by atoms with E-state index in [4.69, 9.17) is 4.74 Å². The number of benzene rings is 1. The van der Waals surface area contributed by atoms with Crippen LogP contribution in [0.2, 0.25) is 0 Å². The highest BCUT2D eigenvalue weighted by Crippen LogP contribution is 2.33. The van der Waals surface area contributed by atoms with E-state index in [0.29, 0.717) is 12.5 Å². The normalized spacial score (nSPS) is 21.8. The van der Waals surface area contributed by atoms with Crippen molar-refractivity contribution in [3.8, 4) is 25.7 Å². The van der Waals surface area contributed by atoms with Crippen LogP contribution in [0.5, 0.6) is 0 Å². The number of hydrogen-bond acceptors (Lipinski definition) is 2. The lowest BCUT2D eigenvalue weighted by molar-refractivity contribution is -0.638. The summed E-state index contributed by atoms with van der Waals surface area (Å²) in [6.45, 7) is 4.34. The van der Waals surface area contributed by atoms with Crippen LogP contribution in [0.4, 0.5) is 0 Å². The molecule has 1 unspecified atom stereocenters. The Morgan fingerprint density at radius 2 is 1.52 bits per heavy atom. The number of hydrogen-bond donors (Lipinski definition) is 1. The van der Waals surface area contributed by atoms with Gasteiger partial charge in [0.05, 0.1) is 31.5 Å². The summed E-state index contributed by atoms with van der Waals surface area (Å²) >= 11 is 3.64. The van der Waals surface area contributed by atoms with Crippen LogP contribution in [0.25, 0.3) is 0 Å². The second kappa shape index (κ2) is 17.7. The number of carbonyl (C=O) groups is 1. The SMILES string of the molecule is C#C.C#C.C1CCCCC1.COCc1c(Br)cccc1[C@@H]1C[NH2+]CC1C(=O)N1CCCCC1. The van der Waals surface area contributed by atoms with E-state index < -0.39 is 0 Å². The molecule has 0 bridgehead atoms. The lowest BCUT2D eigenvalue weighted by Crippen LogP contribution is -2.81. The van der Waals surface area contributed by atoms with Crippen LogP contribution in [0.3, 0.4) is 0 Å². The van der Waals surface area contributed by atoms with Gasteiger partial charge in [-0.3, -0.25) is 4.79 Å². The Bertz CT molecular complexity index is 704. The molecule has 1 aromatic carbocycles. The van der Waals surface area contributed by atoms with Gasteiger partial charge in [0.25, 0.3) is 0 Å². The van der Waals surface area contributed by atoms with E-state index >= 15 is 0 Å².